The Morgan fingerprint density at radius 1 is 1.32 bits per heavy atom. The summed E-state index contributed by atoms with van der Waals surface area (Å²) in [6.07, 6.45) is 3.89. The molecular weight excluding hydrogens is 340 g/mol. The standard InChI is InChI=1S/C18H23ClN4O2/c1-20-15-9-11-23(12-10-15)17(24)4-2-3-16-21-18(22-25-16)13-5-7-14(19)8-6-13/h5-8,15,20H,2-4,9-12H2,1H3. The Hall–Kier alpha value is -1.92. The number of aromatic nitrogens is 2. The lowest BCUT2D eigenvalue weighted by Gasteiger charge is -2.31. The fourth-order valence-corrected chi connectivity index (χ4v) is 3.17. The average Bonchev–Trinajstić information content (AvgIpc) is 3.11. The molecule has 6 nitrogen and oxygen atoms in total. The van der Waals surface area contributed by atoms with E-state index in [9.17, 15) is 4.79 Å². The molecule has 3 rings (SSSR count). The minimum Gasteiger partial charge on any atom is -0.343 e. The van der Waals surface area contributed by atoms with Crippen molar-refractivity contribution in [2.75, 3.05) is 20.1 Å². The van der Waals surface area contributed by atoms with E-state index in [1.165, 1.54) is 0 Å². The van der Waals surface area contributed by atoms with Gasteiger partial charge in [0.2, 0.25) is 17.6 Å². The number of aryl methyl sites for hydroxylation is 1. The predicted molar refractivity (Wildman–Crippen MR) is 96.3 cm³/mol. The van der Waals surface area contributed by atoms with Gasteiger partial charge in [0.15, 0.2) is 0 Å². The maximum absolute atomic E-state index is 12.3. The number of hydrogen-bond acceptors (Lipinski definition) is 5. The predicted octanol–water partition coefficient (Wildman–Crippen LogP) is 2.92. The zero-order valence-corrected chi connectivity index (χ0v) is 15.1. The summed E-state index contributed by atoms with van der Waals surface area (Å²) in [6, 6.07) is 7.84. The van der Waals surface area contributed by atoms with Crippen molar-refractivity contribution in [1.29, 1.82) is 0 Å². The minimum absolute atomic E-state index is 0.215. The second-order valence-corrected chi connectivity index (χ2v) is 6.75. The van der Waals surface area contributed by atoms with E-state index >= 15 is 0 Å². The number of carbonyl (C=O) groups is 1. The van der Waals surface area contributed by atoms with Crippen LogP contribution < -0.4 is 5.32 Å². The minimum atomic E-state index is 0.215. The van der Waals surface area contributed by atoms with E-state index in [1.807, 2.05) is 24.1 Å². The van der Waals surface area contributed by atoms with Crippen LogP contribution in [0, 0.1) is 0 Å². The monoisotopic (exact) mass is 362 g/mol. The first-order chi connectivity index (χ1) is 12.2. The Morgan fingerprint density at radius 2 is 2.04 bits per heavy atom. The van der Waals surface area contributed by atoms with E-state index in [0.717, 1.165) is 31.5 Å². The summed E-state index contributed by atoms with van der Waals surface area (Å²) in [7, 11) is 1.98. The zero-order valence-electron chi connectivity index (χ0n) is 14.4. The highest BCUT2D eigenvalue weighted by molar-refractivity contribution is 6.30. The largest absolute Gasteiger partial charge is 0.343 e. The Balaban J connectivity index is 1.45. The van der Waals surface area contributed by atoms with Crippen molar-refractivity contribution in [2.24, 2.45) is 0 Å². The molecule has 0 bridgehead atoms. The highest BCUT2D eigenvalue weighted by atomic mass is 35.5. The SMILES string of the molecule is CNC1CCN(C(=O)CCCc2nc(-c3ccc(Cl)cc3)no2)CC1. The highest BCUT2D eigenvalue weighted by Crippen LogP contribution is 2.19. The van der Waals surface area contributed by atoms with Gasteiger partial charge in [-0.05, 0) is 50.6 Å². The van der Waals surface area contributed by atoms with E-state index in [2.05, 4.69) is 15.5 Å². The van der Waals surface area contributed by atoms with E-state index < -0.39 is 0 Å². The smallest absolute Gasteiger partial charge is 0.226 e. The summed E-state index contributed by atoms with van der Waals surface area (Å²) in [5.74, 6) is 1.32. The third kappa shape index (κ3) is 4.80. The first-order valence-electron chi connectivity index (χ1n) is 8.69. The summed E-state index contributed by atoms with van der Waals surface area (Å²) >= 11 is 5.88. The zero-order chi connectivity index (χ0) is 17.6. The van der Waals surface area contributed by atoms with Gasteiger partial charge in [-0.3, -0.25) is 4.79 Å². The van der Waals surface area contributed by atoms with E-state index in [4.69, 9.17) is 16.1 Å². The van der Waals surface area contributed by atoms with Crippen LogP contribution in [0.15, 0.2) is 28.8 Å². The van der Waals surface area contributed by atoms with Gasteiger partial charge in [-0.2, -0.15) is 4.98 Å². The summed E-state index contributed by atoms with van der Waals surface area (Å²) in [4.78, 5) is 18.6. The number of carbonyl (C=O) groups excluding carboxylic acids is 1. The Morgan fingerprint density at radius 3 is 2.72 bits per heavy atom. The first kappa shape index (κ1) is 17.9. The topological polar surface area (TPSA) is 71.3 Å². The van der Waals surface area contributed by atoms with Gasteiger partial charge in [-0.15, -0.1) is 0 Å². The molecule has 7 heteroatoms. The maximum atomic E-state index is 12.3. The van der Waals surface area contributed by atoms with Gasteiger partial charge in [-0.25, -0.2) is 0 Å². The second-order valence-electron chi connectivity index (χ2n) is 6.32. The number of hydrogen-bond donors (Lipinski definition) is 1. The molecule has 1 saturated heterocycles. The molecule has 1 N–H and O–H groups in total. The second kappa shape index (κ2) is 8.45. The van der Waals surface area contributed by atoms with Gasteiger partial charge in [-0.1, -0.05) is 16.8 Å². The van der Waals surface area contributed by atoms with Crippen LogP contribution in [0.1, 0.15) is 31.6 Å². The van der Waals surface area contributed by atoms with Gasteiger partial charge < -0.3 is 14.7 Å². The van der Waals surface area contributed by atoms with Crippen LogP contribution in [0.4, 0.5) is 0 Å². The number of rotatable bonds is 6. The molecule has 0 saturated carbocycles. The van der Waals surface area contributed by atoms with Gasteiger partial charge in [0.25, 0.3) is 0 Å². The number of halogens is 1. The summed E-state index contributed by atoms with van der Waals surface area (Å²) < 4.78 is 5.28. The Kier molecular flexibility index (Phi) is 6.04. The van der Waals surface area contributed by atoms with Gasteiger partial charge >= 0.3 is 0 Å². The average molecular weight is 363 g/mol. The summed E-state index contributed by atoms with van der Waals surface area (Å²) in [6.45, 7) is 1.68. The molecule has 0 atom stereocenters. The molecule has 0 spiro atoms. The lowest BCUT2D eigenvalue weighted by molar-refractivity contribution is -0.132. The van der Waals surface area contributed by atoms with Crippen molar-refractivity contribution < 1.29 is 9.32 Å². The number of likely N-dealkylation sites (tertiary alicyclic amines) is 1. The fourth-order valence-electron chi connectivity index (χ4n) is 3.04. The molecule has 0 aliphatic carbocycles. The van der Waals surface area contributed by atoms with Crippen molar-refractivity contribution in [3.05, 3.63) is 35.2 Å². The molecule has 0 unspecified atom stereocenters. The molecule has 0 radical (unpaired) electrons. The van der Waals surface area contributed by atoms with Crippen LogP contribution in [0.5, 0.6) is 0 Å². The highest BCUT2D eigenvalue weighted by Gasteiger charge is 2.21. The lowest BCUT2D eigenvalue weighted by Crippen LogP contribution is -2.43. The van der Waals surface area contributed by atoms with Crippen LogP contribution in [0.25, 0.3) is 11.4 Å². The molecule has 1 aliphatic rings. The summed E-state index contributed by atoms with van der Waals surface area (Å²) in [5, 5.41) is 7.93. The van der Waals surface area contributed by atoms with Crippen molar-refractivity contribution in [3.63, 3.8) is 0 Å². The third-order valence-corrected chi connectivity index (χ3v) is 4.86. The maximum Gasteiger partial charge on any atom is 0.226 e. The number of piperidine rings is 1. The summed E-state index contributed by atoms with van der Waals surface area (Å²) in [5.41, 5.74) is 0.864. The molecule has 1 aliphatic heterocycles. The van der Waals surface area contributed by atoms with E-state index in [-0.39, 0.29) is 5.91 Å². The van der Waals surface area contributed by atoms with Crippen molar-refractivity contribution in [3.8, 4) is 11.4 Å². The van der Waals surface area contributed by atoms with E-state index in [0.29, 0.717) is 42.0 Å². The fraction of sp³-hybridized carbons (Fsp3) is 0.500. The van der Waals surface area contributed by atoms with Crippen LogP contribution in [-0.4, -0.2) is 47.1 Å². The molecule has 1 amide bonds. The van der Waals surface area contributed by atoms with Crippen molar-refractivity contribution in [1.82, 2.24) is 20.4 Å². The molecule has 1 aromatic heterocycles. The van der Waals surface area contributed by atoms with Crippen LogP contribution in [-0.2, 0) is 11.2 Å². The van der Waals surface area contributed by atoms with Crippen LogP contribution >= 0.6 is 11.6 Å². The Labute approximate surface area is 152 Å². The Bertz CT molecular complexity index is 693. The third-order valence-electron chi connectivity index (χ3n) is 4.61. The van der Waals surface area contributed by atoms with E-state index in [1.54, 1.807) is 12.1 Å². The molecule has 1 aromatic carbocycles. The molecule has 2 heterocycles. The van der Waals surface area contributed by atoms with Gasteiger partial charge in [0.1, 0.15) is 0 Å². The van der Waals surface area contributed by atoms with Gasteiger partial charge in [0, 0.05) is 42.6 Å². The molecule has 1 fully saturated rings. The van der Waals surface area contributed by atoms with Gasteiger partial charge in [0.05, 0.1) is 0 Å². The number of amides is 1. The number of nitrogens with one attached hydrogen (secondary N) is 1. The molecular formula is C18H23ClN4O2. The number of benzene rings is 1. The number of nitrogens with zero attached hydrogens (tertiary/aromatic N) is 3. The van der Waals surface area contributed by atoms with Crippen molar-refractivity contribution >= 4 is 17.5 Å². The lowest BCUT2D eigenvalue weighted by atomic mass is 10.0. The van der Waals surface area contributed by atoms with Crippen LogP contribution in [0.2, 0.25) is 5.02 Å². The molecule has 134 valence electrons. The van der Waals surface area contributed by atoms with Crippen LogP contribution in [0.3, 0.4) is 0 Å². The molecule has 2 aromatic rings. The first-order valence-corrected chi connectivity index (χ1v) is 9.07. The quantitative estimate of drug-likeness (QED) is 0.855. The van der Waals surface area contributed by atoms with Crippen molar-refractivity contribution in [2.45, 2.75) is 38.1 Å². The normalized spacial score (nSPS) is 15.5. The molecule has 25 heavy (non-hydrogen) atoms.